The molecule has 1 aliphatic heterocycles. The molecule has 0 saturated heterocycles. The first-order valence-electron chi connectivity index (χ1n) is 9.78. The Morgan fingerprint density at radius 3 is 2.71 bits per heavy atom. The maximum atomic E-state index is 6.52. The number of nitrogens with zero attached hydrogens (tertiary/aromatic N) is 1. The average molecular weight is 413 g/mol. The van der Waals surface area contributed by atoms with Gasteiger partial charge in [0.1, 0.15) is 0 Å². The molecular formula is C22H25ClN4S. The van der Waals surface area contributed by atoms with Crippen LogP contribution >= 0.6 is 22.9 Å². The van der Waals surface area contributed by atoms with Crippen molar-refractivity contribution >= 4 is 33.8 Å². The van der Waals surface area contributed by atoms with Crippen LogP contribution in [-0.4, -0.2) is 24.6 Å². The van der Waals surface area contributed by atoms with Crippen LogP contribution in [0.3, 0.4) is 0 Å². The summed E-state index contributed by atoms with van der Waals surface area (Å²) >= 11 is 8.16. The summed E-state index contributed by atoms with van der Waals surface area (Å²) < 4.78 is 0. The molecule has 0 saturated carbocycles. The molecule has 2 heterocycles. The second-order valence-corrected chi connectivity index (χ2v) is 8.19. The normalized spacial score (nSPS) is 13.6. The molecular weight excluding hydrogens is 388 g/mol. The van der Waals surface area contributed by atoms with Crippen molar-refractivity contribution in [3.8, 4) is 11.3 Å². The van der Waals surface area contributed by atoms with Crippen LogP contribution in [0, 0.1) is 0 Å². The van der Waals surface area contributed by atoms with E-state index in [0.29, 0.717) is 0 Å². The van der Waals surface area contributed by atoms with Gasteiger partial charge in [0.05, 0.1) is 16.4 Å². The summed E-state index contributed by atoms with van der Waals surface area (Å²) in [5, 5.41) is 14.2. The monoisotopic (exact) mass is 412 g/mol. The fourth-order valence-electron chi connectivity index (χ4n) is 3.56. The SMILES string of the molecule is CCNc1nc(-c2ccc(CNc3c(Cl)ccc4c3CCNCC4)cc2)cs1. The van der Waals surface area contributed by atoms with E-state index in [1.807, 2.05) is 6.07 Å². The van der Waals surface area contributed by atoms with Crippen molar-refractivity contribution < 1.29 is 0 Å². The van der Waals surface area contributed by atoms with Crippen LogP contribution in [0.15, 0.2) is 41.8 Å². The zero-order valence-electron chi connectivity index (χ0n) is 16.0. The Labute approximate surface area is 175 Å². The lowest BCUT2D eigenvalue weighted by Gasteiger charge is -2.16. The maximum Gasteiger partial charge on any atom is 0.183 e. The molecule has 4 rings (SSSR count). The lowest BCUT2D eigenvalue weighted by Crippen LogP contribution is -2.16. The van der Waals surface area contributed by atoms with Crippen LogP contribution in [0.5, 0.6) is 0 Å². The Morgan fingerprint density at radius 2 is 1.89 bits per heavy atom. The predicted octanol–water partition coefficient (Wildman–Crippen LogP) is 5.20. The number of nitrogens with one attached hydrogen (secondary N) is 3. The molecule has 0 bridgehead atoms. The number of hydrogen-bond donors (Lipinski definition) is 3. The molecule has 0 unspecified atom stereocenters. The second-order valence-electron chi connectivity index (χ2n) is 6.93. The van der Waals surface area contributed by atoms with Crippen LogP contribution in [0.2, 0.25) is 5.02 Å². The molecule has 0 atom stereocenters. The fourth-order valence-corrected chi connectivity index (χ4v) is 4.59. The Balaban J connectivity index is 1.47. The summed E-state index contributed by atoms with van der Waals surface area (Å²) in [6, 6.07) is 12.8. The second kappa shape index (κ2) is 8.95. The topological polar surface area (TPSA) is 49.0 Å². The summed E-state index contributed by atoms with van der Waals surface area (Å²) in [5.41, 5.74) is 7.22. The van der Waals surface area contributed by atoms with Crippen molar-refractivity contribution in [1.29, 1.82) is 0 Å². The summed E-state index contributed by atoms with van der Waals surface area (Å²) in [6.45, 7) is 5.75. The van der Waals surface area contributed by atoms with Gasteiger partial charge in [-0.3, -0.25) is 0 Å². The van der Waals surface area contributed by atoms with E-state index in [1.54, 1.807) is 11.3 Å². The molecule has 1 aliphatic rings. The number of fused-ring (bicyclic) bond motifs is 1. The minimum absolute atomic E-state index is 0.754. The third-order valence-corrected chi connectivity index (χ3v) is 6.15. The molecule has 0 fully saturated rings. The highest BCUT2D eigenvalue weighted by molar-refractivity contribution is 7.14. The molecule has 0 amide bonds. The smallest absolute Gasteiger partial charge is 0.183 e. The molecule has 4 nitrogen and oxygen atoms in total. The number of benzene rings is 2. The molecule has 3 aromatic rings. The van der Waals surface area contributed by atoms with Gasteiger partial charge in [0.2, 0.25) is 0 Å². The highest BCUT2D eigenvalue weighted by atomic mass is 35.5. The summed E-state index contributed by atoms with van der Waals surface area (Å²) in [5.74, 6) is 0. The quantitative estimate of drug-likeness (QED) is 0.521. The third-order valence-electron chi connectivity index (χ3n) is 5.03. The highest BCUT2D eigenvalue weighted by Gasteiger charge is 2.14. The van der Waals surface area contributed by atoms with Gasteiger partial charge in [-0.2, -0.15) is 0 Å². The van der Waals surface area contributed by atoms with Crippen LogP contribution in [-0.2, 0) is 19.4 Å². The molecule has 0 radical (unpaired) electrons. The lowest BCUT2D eigenvalue weighted by atomic mass is 10.0. The number of hydrogen-bond acceptors (Lipinski definition) is 5. The van der Waals surface area contributed by atoms with Crippen molar-refractivity contribution in [1.82, 2.24) is 10.3 Å². The summed E-state index contributed by atoms with van der Waals surface area (Å²) in [4.78, 5) is 4.63. The number of aromatic nitrogens is 1. The van der Waals surface area contributed by atoms with Gasteiger partial charge in [0.15, 0.2) is 5.13 Å². The molecule has 3 N–H and O–H groups in total. The van der Waals surface area contributed by atoms with Crippen molar-refractivity contribution in [3.63, 3.8) is 0 Å². The number of anilines is 2. The average Bonchev–Trinajstić information content (AvgIpc) is 3.04. The molecule has 0 aliphatic carbocycles. The molecule has 146 valence electrons. The zero-order valence-corrected chi connectivity index (χ0v) is 17.6. The Hall–Kier alpha value is -2.08. The van der Waals surface area contributed by atoms with E-state index in [-0.39, 0.29) is 0 Å². The Kier molecular flexibility index (Phi) is 6.15. The summed E-state index contributed by atoms with van der Waals surface area (Å²) in [7, 11) is 0. The Bertz CT molecular complexity index is 936. The number of halogens is 1. The number of thiazole rings is 1. The first kappa shape index (κ1) is 19.2. The zero-order chi connectivity index (χ0) is 19.3. The van der Waals surface area contributed by atoms with E-state index in [9.17, 15) is 0 Å². The highest BCUT2D eigenvalue weighted by Crippen LogP contribution is 2.31. The van der Waals surface area contributed by atoms with Gasteiger partial charge >= 0.3 is 0 Å². The van der Waals surface area contributed by atoms with Gasteiger partial charge in [-0.1, -0.05) is 41.9 Å². The van der Waals surface area contributed by atoms with Crippen LogP contribution in [0.1, 0.15) is 23.6 Å². The van der Waals surface area contributed by atoms with Crippen molar-refractivity contribution in [3.05, 3.63) is 63.5 Å². The van der Waals surface area contributed by atoms with Crippen LogP contribution < -0.4 is 16.0 Å². The molecule has 0 spiro atoms. The van der Waals surface area contributed by atoms with Gasteiger partial charge in [0, 0.05) is 24.0 Å². The summed E-state index contributed by atoms with van der Waals surface area (Å²) in [6.07, 6.45) is 2.06. The molecule has 1 aromatic heterocycles. The molecule has 28 heavy (non-hydrogen) atoms. The largest absolute Gasteiger partial charge is 0.380 e. The molecule has 6 heteroatoms. The Morgan fingerprint density at radius 1 is 1.07 bits per heavy atom. The van der Waals surface area contributed by atoms with E-state index in [2.05, 4.69) is 63.6 Å². The van der Waals surface area contributed by atoms with Crippen molar-refractivity contribution in [2.75, 3.05) is 30.3 Å². The van der Waals surface area contributed by atoms with Gasteiger partial charge in [-0.25, -0.2) is 4.98 Å². The lowest BCUT2D eigenvalue weighted by molar-refractivity contribution is 0.711. The standard InChI is InChI=1S/C22H25ClN4S/c1-2-25-22-27-20(14-28-22)17-5-3-15(4-6-17)13-26-21-18-10-12-24-11-9-16(18)7-8-19(21)23/h3-8,14,24,26H,2,9-13H2,1H3,(H,25,27). The van der Waals surface area contributed by atoms with Crippen LogP contribution in [0.4, 0.5) is 10.8 Å². The van der Waals surface area contributed by atoms with E-state index in [1.165, 1.54) is 16.7 Å². The van der Waals surface area contributed by atoms with E-state index in [4.69, 9.17) is 11.6 Å². The van der Waals surface area contributed by atoms with Gasteiger partial charge in [-0.15, -0.1) is 11.3 Å². The first-order valence-corrected chi connectivity index (χ1v) is 11.0. The van der Waals surface area contributed by atoms with Gasteiger partial charge in [-0.05, 0) is 55.6 Å². The van der Waals surface area contributed by atoms with Gasteiger partial charge < -0.3 is 16.0 Å². The van der Waals surface area contributed by atoms with Crippen molar-refractivity contribution in [2.24, 2.45) is 0 Å². The predicted molar refractivity (Wildman–Crippen MR) is 121 cm³/mol. The van der Waals surface area contributed by atoms with Crippen LogP contribution in [0.25, 0.3) is 11.3 Å². The van der Waals surface area contributed by atoms with E-state index < -0.39 is 0 Å². The minimum Gasteiger partial charge on any atom is -0.380 e. The minimum atomic E-state index is 0.754. The fraction of sp³-hybridized carbons (Fsp3) is 0.318. The van der Waals surface area contributed by atoms with Crippen molar-refractivity contribution in [2.45, 2.75) is 26.3 Å². The third kappa shape index (κ3) is 4.32. The number of rotatable bonds is 6. The maximum absolute atomic E-state index is 6.52. The van der Waals surface area contributed by atoms with E-state index >= 15 is 0 Å². The van der Waals surface area contributed by atoms with E-state index in [0.717, 1.165) is 66.1 Å². The first-order chi connectivity index (χ1) is 13.7. The van der Waals surface area contributed by atoms with Gasteiger partial charge in [0.25, 0.3) is 0 Å². The molecule has 2 aromatic carbocycles.